The average molecular weight is 1420 g/mol. The number of amides is 6. The van der Waals surface area contributed by atoms with Gasteiger partial charge in [-0.2, -0.15) is 0 Å². The van der Waals surface area contributed by atoms with E-state index in [4.69, 9.17) is 42.6 Å². The molecule has 0 bridgehead atoms. The van der Waals surface area contributed by atoms with E-state index in [-0.39, 0.29) is 154 Å². The standard InChI is InChI=1S/C74H94N6O22/c1-10-23-96-27-22-63(84)76-64(41(2)3)57(82)31-45(7)67(87)75-48-19-16-46(17-20-48)38-100-73(92)80-53-35-62(61(95-9)33-50(53)69(89)78-37-43(5)29-55(78)71(80)91)98-26-13-11-12-25-97-60-34-52-49(30-44(60)6)68(88)77-36-42(4)28-54(77)70(90)79(52)74(93)101-39-47-18-21-59(51(32-47)56(81)15-14-24-94-8)102-72-66(86)65(85)58(83)40-99-72/h16-21,30,32-35,41,45,54-55,58,64-66,70-72,83,85-86,90-91H,4-5,10-15,22-29,31,36-40H2,1-3,6-9H3,(H,75,87)(H,76,84)/t45-,54+,55+,58-,64+,65+,66-,70?,71?,72+/m1/s1. The molecule has 4 aromatic carbocycles. The summed E-state index contributed by atoms with van der Waals surface area (Å²) in [7, 11) is 2.91. The first-order valence-electron chi connectivity index (χ1n) is 34.4. The first-order chi connectivity index (χ1) is 48.8. The quantitative estimate of drug-likeness (QED) is 0.0146. The Morgan fingerprint density at radius 3 is 1.84 bits per heavy atom. The largest absolute Gasteiger partial charge is 0.493 e. The predicted molar refractivity (Wildman–Crippen MR) is 370 cm³/mol. The molecule has 5 heterocycles. The minimum absolute atomic E-state index is 0.00342. The molecule has 28 nitrogen and oxygen atoms in total. The van der Waals surface area contributed by atoms with Crippen LogP contribution < -0.4 is 39.4 Å². The van der Waals surface area contributed by atoms with Crippen molar-refractivity contribution in [2.24, 2.45) is 11.8 Å². The van der Waals surface area contributed by atoms with Gasteiger partial charge in [-0.15, -0.1) is 0 Å². The van der Waals surface area contributed by atoms with Gasteiger partial charge in [-0.05, 0) is 111 Å². The third kappa shape index (κ3) is 18.4. The van der Waals surface area contributed by atoms with E-state index in [0.717, 1.165) is 16.2 Å². The van der Waals surface area contributed by atoms with Crippen molar-refractivity contribution in [3.63, 3.8) is 0 Å². The van der Waals surface area contributed by atoms with E-state index in [1.165, 1.54) is 60.4 Å². The van der Waals surface area contributed by atoms with E-state index in [1.54, 1.807) is 44.2 Å². The summed E-state index contributed by atoms with van der Waals surface area (Å²) in [6.45, 7) is 17.7. The highest BCUT2D eigenvalue weighted by Gasteiger charge is 2.49. The van der Waals surface area contributed by atoms with Gasteiger partial charge in [-0.3, -0.25) is 28.8 Å². The first-order valence-corrected chi connectivity index (χ1v) is 34.4. The molecule has 5 aliphatic heterocycles. The van der Waals surface area contributed by atoms with E-state index < -0.39 is 97.6 Å². The van der Waals surface area contributed by atoms with Gasteiger partial charge in [0.05, 0.1) is 79.7 Å². The third-order valence-electron chi connectivity index (χ3n) is 18.4. The Balaban J connectivity index is 0.824. The topological polar surface area (TPSA) is 358 Å². The minimum atomic E-state index is -1.65. The van der Waals surface area contributed by atoms with Crippen LogP contribution in [0.4, 0.5) is 26.7 Å². The lowest BCUT2D eigenvalue weighted by Gasteiger charge is -2.35. The summed E-state index contributed by atoms with van der Waals surface area (Å²) in [6, 6.07) is 14.4. The number of fused-ring (bicyclic) bond motifs is 4. The maximum absolute atomic E-state index is 14.5. The number of ketones is 2. The van der Waals surface area contributed by atoms with Crippen molar-refractivity contribution in [3.05, 3.63) is 124 Å². The zero-order valence-corrected chi connectivity index (χ0v) is 58.7. The summed E-state index contributed by atoms with van der Waals surface area (Å²) >= 11 is 0. The van der Waals surface area contributed by atoms with Crippen molar-refractivity contribution < 1.29 is 107 Å². The lowest BCUT2D eigenvalue weighted by molar-refractivity contribution is -0.242. The Morgan fingerprint density at radius 2 is 1.25 bits per heavy atom. The van der Waals surface area contributed by atoms with Crippen LogP contribution in [0.15, 0.2) is 91.0 Å². The van der Waals surface area contributed by atoms with Gasteiger partial charge in [0, 0.05) is 76.4 Å². The number of aliphatic hydroxyl groups excluding tert-OH is 5. The van der Waals surface area contributed by atoms with Gasteiger partial charge in [0.2, 0.25) is 18.1 Å². The molecule has 552 valence electrons. The number of carbonyl (C=O) groups is 8. The fraction of sp³-hybridized carbons (Fsp3) is 0.514. The molecule has 9 rings (SSSR count). The predicted octanol–water partition coefficient (Wildman–Crippen LogP) is 7.04. The number of nitrogens with zero attached hydrogens (tertiary/aromatic N) is 4. The van der Waals surface area contributed by atoms with Crippen LogP contribution in [0.25, 0.3) is 0 Å². The van der Waals surface area contributed by atoms with Gasteiger partial charge in [-0.1, -0.05) is 70.2 Å². The Bertz CT molecular complexity index is 3730. The summed E-state index contributed by atoms with van der Waals surface area (Å²) in [4.78, 5) is 115. The zero-order valence-electron chi connectivity index (χ0n) is 58.7. The Kier molecular flexibility index (Phi) is 26.7. The second kappa shape index (κ2) is 35.3. The SMILES string of the molecule is C=C1C[C@H]2C(O)N(C(=O)OCc3ccc(O[C@@H]4OC[C@@H](O)[C@H](O)[C@H]4O)c(C(=O)CCCOC)c3)c3cc(OCCCCCOc4cc5c(cc4OC)C(=O)N4CC(=C)C[C@H]4C(O)N5C(=O)OCc4ccc(NC(=O)[C@H](C)CC(=O)[C@@H](NC(=O)CCOCCC)C(C)C)cc4)c(C)cc3C(=O)N2C1. The second-order valence-corrected chi connectivity index (χ2v) is 26.6. The number of nitrogens with one attached hydrogen (secondary N) is 2. The molecule has 0 saturated carbocycles. The fourth-order valence-electron chi connectivity index (χ4n) is 12.8. The number of unbranched alkanes of at least 4 members (excludes halogenated alkanes) is 2. The van der Waals surface area contributed by atoms with Crippen molar-refractivity contribution in [2.75, 3.05) is 82.1 Å². The number of methoxy groups -OCH3 is 2. The van der Waals surface area contributed by atoms with Crippen LogP contribution in [-0.2, 0) is 51.3 Å². The van der Waals surface area contributed by atoms with Crippen LogP contribution in [0.1, 0.15) is 140 Å². The molecular weight excluding hydrogens is 1320 g/mol. The summed E-state index contributed by atoms with van der Waals surface area (Å²) in [5, 5.41) is 60.6. The number of benzene rings is 4. The van der Waals surface area contributed by atoms with Gasteiger partial charge in [0.15, 0.2) is 35.5 Å². The van der Waals surface area contributed by atoms with Gasteiger partial charge in [0.25, 0.3) is 11.8 Å². The van der Waals surface area contributed by atoms with E-state index in [1.807, 2.05) is 20.8 Å². The van der Waals surface area contributed by atoms with Gasteiger partial charge in [0.1, 0.15) is 43.0 Å². The number of ether oxygens (including phenoxy) is 9. The van der Waals surface area contributed by atoms with Crippen LogP contribution >= 0.6 is 0 Å². The smallest absolute Gasteiger partial charge is 0.416 e. The van der Waals surface area contributed by atoms with E-state index in [2.05, 4.69) is 23.8 Å². The lowest BCUT2D eigenvalue weighted by Crippen LogP contribution is -2.54. The summed E-state index contributed by atoms with van der Waals surface area (Å²) < 4.78 is 51.9. The number of hydrogen-bond donors (Lipinski definition) is 7. The molecule has 28 heteroatoms. The molecule has 2 unspecified atom stereocenters. The van der Waals surface area contributed by atoms with Crippen molar-refractivity contribution in [1.82, 2.24) is 15.1 Å². The molecule has 10 atom stereocenters. The third-order valence-corrected chi connectivity index (χ3v) is 18.4. The maximum Gasteiger partial charge on any atom is 0.416 e. The first kappa shape index (κ1) is 77.2. The van der Waals surface area contributed by atoms with Crippen LogP contribution in [0.5, 0.6) is 23.0 Å². The maximum atomic E-state index is 14.5. The number of aliphatic hydroxyl groups is 5. The number of carbonyl (C=O) groups excluding carboxylic acids is 8. The minimum Gasteiger partial charge on any atom is -0.493 e. The monoisotopic (exact) mass is 1420 g/mol. The fourth-order valence-corrected chi connectivity index (χ4v) is 12.8. The van der Waals surface area contributed by atoms with Crippen molar-refractivity contribution in [2.45, 2.75) is 167 Å². The molecule has 7 N–H and O–H groups in total. The molecular formula is C74H94N6O22. The van der Waals surface area contributed by atoms with Crippen molar-refractivity contribution in [1.29, 1.82) is 0 Å². The zero-order chi connectivity index (χ0) is 73.6. The summed E-state index contributed by atoms with van der Waals surface area (Å²) in [5.41, 5.74) is 3.44. The van der Waals surface area contributed by atoms with Gasteiger partial charge >= 0.3 is 12.2 Å². The van der Waals surface area contributed by atoms with E-state index in [9.17, 15) is 63.9 Å². The van der Waals surface area contributed by atoms with Crippen LogP contribution in [-0.4, -0.2) is 205 Å². The number of aryl methyl sites for hydroxylation is 1. The Labute approximate surface area is 592 Å². The highest BCUT2D eigenvalue weighted by atomic mass is 16.7. The molecule has 0 radical (unpaired) electrons. The Morgan fingerprint density at radius 1 is 0.657 bits per heavy atom. The molecule has 3 saturated heterocycles. The molecule has 6 amide bonds. The summed E-state index contributed by atoms with van der Waals surface area (Å²) in [6.07, 6.45) is -8.03. The van der Waals surface area contributed by atoms with Gasteiger partial charge in [-0.25, -0.2) is 19.4 Å². The lowest BCUT2D eigenvalue weighted by atomic mass is 9.92. The molecule has 0 aliphatic carbocycles. The van der Waals surface area contributed by atoms with Crippen molar-refractivity contribution >= 4 is 64.4 Å². The average Bonchev–Trinajstić information content (AvgIpc) is 1.60. The Hall–Kier alpha value is -9.00. The van der Waals surface area contributed by atoms with Crippen LogP contribution in [0.2, 0.25) is 0 Å². The normalized spacial score (nSPS) is 21.4. The molecule has 0 aromatic heterocycles. The van der Waals surface area contributed by atoms with Crippen molar-refractivity contribution in [3.8, 4) is 23.0 Å². The number of anilines is 3. The molecule has 0 spiro atoms. The second-order valence-electron chi connectivity index (χ2n) is 26.6. The number of rotatable bonds is 32. The van der Waals surface area contributed by atoms with Gasteiger partial charge < -0.3 is 88.6 Å². The van der Waals surface area contributed by atoms with E-state index >= 15 is 0 Å². The molecule has 5 aliphatic rings. The molecule has 4 aromatic rings. The molecule has 102 heavy (non-hydrogen) atoms. The van der Waals surface area contributed by atoms with Crippen LogP contribution in [0.3, 0.4) is 0 Å². The highest BCUT2D eigenvalue weighted by molar-refractivity contribution is 6.07. The number of hydrogen-bond acceptors (Lipinski definition) is 22. The summed E-state index contributed by atoms with van der Waals surface area (Å²) in [5.74, 6) is -2.57. The van der Waals surface area contributed by atoms with Crippen LogP contribution in [0, 0.1) is 18.8 Å². The molecule has 3 fully saturated rings. The van der Waals surface area contributed by atoms with E-state index in [0.29, 0.717) is 71.6 Å². The number of Topliss-reactive ketones (excluding diaryl/α,β-unsaturated/α-hetero) is 2. The highest BCUT2D eigenvalue weighted by Crippen LogP contribution is 2.44.